The molecule has 1 atom stereocenters. The smallest absolute Gasteiger partial charge is 0.274 e. The van der Waals surface area contributed by atoms with E-state index in [1.807, 2.05) is 19.3 Å². The molecule has 1 spiro atoms. The molecule has 4 rings (SSSR count). The van der Waals surface area contributed by atoms with E-state index < -0.39 is 0 Å². The fraction of sp³-hybridized carbons (Fsp3) is 0.474. The van der Waals surface area contributed by atoms with Crippen molar-refractivity contribution < 1.29 is 14.3 Å². The van der Waals surface area contributed by atoms with Gasteiger partial charge in [0.1, 0.15) is 17.0 Å². The molecule has 8 nitrogen and oxygen atoms in total. The second-order valence-electron chi connectivity index (χ2n) is 7.20. The number of rotatable bonds is 5. The highest BCUT2D eigenvalue weighted by atomic mass is 16.5. The van der Waals surface area contributed by atoms with Crippen molar-refractivity contribution in [1.82, 2.24) is 24.8 Å². The molecule has 2 aromatic rings. The molecule has 0 bridgehead atoms. The Hall–Kier alpha value is -2.74. The molecular formula is C19H23N5O3. The zero-order valence-corrected chi connectivity index (χ0v) is 15.3. The number of amides is 2. The van der Waals surface area contributed by atoms with Crippen LogP contribution < -0.4 is 5.32 Å². The lowest BCUT2D eigenvalue weighted by molar-refractivity contribution is -0.118. The fourth-order valence-corrected chi connectivity index (χ4v) is 4.00. The van der Waals surface area contributed by atoms with E-state index in [0.29, 0.717) is 43.5 Å². The highest BCUT2D eigenvalue weighted by molar-refractivity contribution is 5.93. The average molecular weight is 369 g/mol. The van der Waals surface area contributed by atoms with Gasteiger partial charge < -0.3 is 19.5 Å². The van der Waals surface area contributed by atoms with E-state index in [9.17, 15) is 9.59 Å². The Morgan fingerprint density at radius 1 is 1.37 bits per heavy atom. The van der Waals surface area contributed by atoms with Gasteiger partial charge in [-0.25, -0.2) is 4.98 Å². The van der Waals surface area contributed by atoms with Crippen molar-refractivity contribution in [3.63, 3.8) is 0 Å². The van der Waals surface area contributed by atoms with Crippen molar-refractivity contribution >= 4 is 11.8 Å². The summed E-state index contributed by atoms with van der Waals surface area (Å²) in [6, 6.07) is 3.66. The molecule has 1 unspecified atom stereocenters. The molecule has 8 heteroatoms. The standard InChI is InChI=1S/C19H23N5O3/c1-23-9-2-3-16(23)17(25)22-6-4-14-5-10-27-19(14)12-24(13-19)18(26)15-11-20-7-8-21-15/h2-3,7-9,11,14H,4-6,10,12-13H2,1H3,(H,22,25). The van der Waals surface area contributed by atoms with Gasteiger partial charge in [-0.1, -0.05) is 0 Å². The van der Waals surface area contributed by atoms with E-state index in [2.05, 4.69) is 15.3 Å². The van der Waals surface area contributed by atoms with Crippen LogP contribution in [0, 0.1) is 5.92 Å². The van der Waals surface area contributed by atoms with Crippen molar-refractivity contribution in [2.75, 3.05) is 26.2 Å². The van der Waals surface area contributed by atoms with Gasteiger partial charge in [0, 0.05) is 38.8 Å². The summed E-state index contributed by atoms with van der Waals surface area (Å²) in [4.78, 5) is 34.4. The van der Waals surface area contributed by atoms with E-state index in [-0.39, 0.29) is 17.4 Å². The number of hydrogen-bond donors (Lipinski definition) is 1. The predicted octanol–water partition coefficient (Wildman–Crippen LogP) is 0.866. The number of nitrogens with one attached hydrogen (secondary N) is 1. The minimum absolute atomic E-state index is 0.0662. The van der Waals surface area contributed by atoms with E-state index in [4.69, 9.17) is 4.74 Å². The molecule has 2 fully saturated rings. The summed E-state index contributed by atoms with van der Waals surface area (Å²) in [5.74, 6) is 0.153. The maximum Gasteiger partial charge on any atom is 0.274 e. The quantitative estimate of drug-likeness (QED) is 0.845. The van der Waals surface area contributed by atoms with Crippen LogP contribution in [0.1, 0.15) is 33.8 Å². The Kier molecular flexibility index (Phi) is 4.65. The molecule has 2 aromatic heterocycles. The number of nitrogens with zero attached hydrogens (tertiary/aromatic N) is 4. The van der Waals surface area contributed by atoms with Gasteiger partial charge in [-0.05, 0) is 30.9 Å². The average Bonchev–Trinajstić information content (AvgIpc) is 3.27. The van der Waals surface area contributed by atoms with Gasteiger partial charge in [-0.15, -0.1) is 0 Å². The summed E-state index contributed by atoms with van der Waals surface area (Å²) in [6.45, 7) is 2.43. The molecule has 0 aliphatic carbocycles. The van der Waals surface area contributed by atoms with Crippen molar-refractivity contribution in [1.29, 1.82) is 0 Å². The van der Waals surface area contributed by atoms with Crippen LogP contribution in [0.15, 0.2) is 36.9 Å². The highest BCUT2D eigenvalue weighted by Crippen LogP contribution is 2.41. The normalized spacial score (nSPS) is 20.5. The van der Waals surface area contributed by atoms with E-state index >= 15 is 0 Å². The van der Waals surface area contributed by atoms with E-state index in [0.717, 1.165) is 12.8 Å². The molecule has 2 aliphatic rings. The molecule has 2 saturated heterocycles. The van der Waals surface area contributed by atoms with Crippen LogP contribution in [0.25, 0.3) is 0 Å². The first-order valence-corrected chi connectivity index (χ1v) is 9.18. The van der Waals surface area contributed by atoms with Gasteiger partial charge in [0.2, 0.25) is 0 Å². The van der Waals surface area contributed by atoms with Crippen molar-refractivity contribution in [3.05, 3.63) is 48.3 Å². The lowest BCUT2D eigenvalue weighted by Crippen LogP contribution is -2.66. The SMILES string of the molecule is Cn1cccc1C(=O)NCCC1CCOC12CN(C(=O)c1cnccn1)C2. The zero-order chi connectivity index (χ0) is 18.9. The zero-order valence-electron chi connectivity index (χ0n) is 15.3. The molecule has 0 radical (unpaired) electrons. The summed E-state index contributed by atoms with van der Waals surface area (Å²) < 4.78 is 7.81. The highest BCUT2D eigenvalue weighted by Gasteiger charge is 2.54. The number of carbonyl (C=O) groups excluding carboxylic acids is 2. The lowest BCUT2D eigenvalue weighted by atomic mass is 9.78. The maximum absolute atomic E-state index is 12.4. The molecule has 1 N–H and O–H groups in total. The van der Waals surface area contributed by atoms with Crippen LogP contribution in [0.5, 0.6) is 0 Å². The molecule has 27 heavy (non-hydrogen) atoms. The van der Waals surface area contributed by atoms with E-state index in [1.165, 1.54) is 12.4 Å². The molecule has 2 amide bonds. The fourth-order valence-electron chi connectivity index (χ4n) is 4.00. The molecule has 4 heterocycles. The monoisotopic (exact) mass is 369 g/mol. The van der Waals surface area contributed by atoms with Crippen LogP contribution in [-0.2, 0) is 11.8 Å². The van der Waals surface area contributed by atoms with Gasteiger partial charge in [-0.2, -0.15) is 0 Å². The van der Waals surface area contributed by atoms with Gasteiger partial charge in [0.25, 0.3) is 11.8 Å². The Labute approximate surface area is 157 Å². The summed E-state index contributed by atoms with van der Waals surface area (Å²) in [7, 11) is 1.85. The van der Waals surface area contributed by atoms with Crippen molar-refractivity contribution in [2.24, 2.45) is 13.0 Å². The van der Waals surface area contributed by atoms with Gasteiger partial charge in [0.15, 0.2) is 0 Å². The Morgan fingerprint density at radius 3 is 2.93 bits per heavy atom. The molecular weight excluding hydrogens is 346 g/mol. The van der Waals surface area contributed by atoms with Crippen LogP contribution in [0.2, 0.25) is 0 Å². The third-order valence-corrected chi connectivity index (χ3v) is 5.54. The molecule has 2 aliphatic heterocycles. The Bertz CT molecular complexity index is 829. The van der Waals surface area contributed by atoms with Crippen LogP contribution in [-0.4, -0.2) is 63.1 Å². The largest absolute Gasteiger partial charge is 0.371 e. The predicted molar refractivity (Wildman–Crippen MR) is 97.1 cm³/mol. The Balaban J connectivity index is 1.29. The number of likely N-dealkylation sites (tertiary alicyclic amines) is 1. The van der Waals surface area contributed by atoms with Crippen molar-refractivity contribution in [2.45, 2.75) is 18.4 Å². The van der Waals surface area contributed by atoms with Gasteiger partial charge >= 0.3 is 0 Å². The minimum Gasteiger partial charge on any atom is -0.371 e. The number of carbonyl (C=O) groups is 2. The molecule has 142 valence electrons. The lowest BCUT2D eigenvalue weighted by Gasteiger charge is -2.50. The number of aromatic nitrogens is 3. The summed E-state index contributed by atoms with van der Waals surface area (Å²) in [6.07, 6.45) is 8.20. The second kappa shape index (κ2) is 7.11. The number of ether oxygens (including phenoxy) is 1. The topological polar surface area (TPSA) is 89.4 Å². The second-order valence-corrected chi connectivity index (χ2v) is 7.20. The van der Waals surface area contributed by atoms with Crippen molar-refractivity contribution in [3.8, 4) is 0 Å². The van der Waals surface area contributed by atoms with E-state index in [1.54, 1.807) is 21.7 Å². The molecule has 0 aromatic carbocycles. The van der Waals surface area contributed by atoms with Crippen LogP contribution >= 0.6 is 0 Å². The van der Waals surface area contributed by atoms with Crippen LogP contribution in [0.3, 0.4) is 0 Å². The molecule has 0 saturated carbocycles. The summed E-state index contributed by atoms with van der Waals surface area (Å²) in [5.41, 5.74) is 0.724. The first-order chi connectivity index (χ1) is 13.1. The first kappa shape index (κ1) is 17.7. The third-order valence-electron chi connectivity index (χ3n) is 5.54. The number of aryl methyl sites for hydroxylation is 1. The van der Waals surface area contributed by atoms with Gasteiger partial charge in [0.05, 0.1) is 19.3 Å². The number of hydrogen-bond acceptors (Lipinski definition) is 5. The summed E-state index contributed by atoms with van der Waals surface area (Å²) >= 11 is 0. The van der Waals surface area contributed by atoms with Crippen LogP contribution in [0.4, 0.5) is 0 Å². The minimum atomic E-state index is -0.284. The maximum atomic E-state index is 12.4. The summed E-state index contributed by atoms with van der Waals surface area (Å²) in [5, 5.41) is 2.98. The first-order valence-electron chi connectivity index (χ1n) is 9.18. The Morgan fingerprint density at radius 2 is 2.22 bits per heavy atom. The van der Waals surface area contributed by atoms with Gasteiger partial charge in [-0.3, -0.25) is 14.6 Å². The third kappa shape index (κ3) is 3.32.